The lowest BCUT2D eigenvalue weighted by Gasteiger charge is -2.39. The fraction of sp³-hybridized carbons (Fsp3) is 0.923. The van der Waals surface area contributed by atoms with E-state index in [0.717, 1.165) is 25.8 Å². The molecule has 5 nitrogen and oxygen atoms in total. The van der Waals surface area contributed by atoms with E-state index in [1.165, 1.54) is 6.42 Å². The van der Waals surface area contributed by atoms with Gasteiger partial charge in [-0.3, -0.25) is 0 Å². The Balaban J connectivity index is 2.02. The van der Waals surface area contributed by atoms with Crippen molar-refractivity contribution in [2.45, 2.75) is 51.1 Å². The van der Waals surface area contributed by atoms with Gasteiger partial charge in [0.25, 0.3) is 0 Å². The average Bonchev–Trinajstić information content (AvgIpc) is 2.77. The summed E-state index contributed by atoms with van der Waals surface area (Å²) in [6.45, 7) is 2.91. The smallest absolute Gasteiger partial charge is 0.320 e. The predicted octanol–water partition coefficient (Wildman–Crippen LogP) is 1.49. The average molecular weight is 288 g/mol. The first-order chi connectivity index (χ1) is 8.94. The van der Waals surface area contributed by atoms with Crippen molar-refractivity contribution in [1.29, 1.82) is 0 Å². The van der Waals surface area contributed by atoms with Crippen LogP contribution >= 0.6 is 0 Å². The van der Waals surface area contributed by atoms with Gasteiger partial charge in [0, 0.05) is 25.7 Å². The van der Waals surface area contributed by atoms with Gasteiger partial charge in [0.05, 0.1) is 11.5 Å². The molecule has 2 atom stereocenters. The lowest BCUT2D eigenvalue weighted by Crippen LogP contribution is -2.52. The molecule has 0 aliphatic carbocycles. The summed E-state index contributed by atoms with van der Waals surface area (Å²) in [6.07, 6.45) is 4.86. The molecule has 2 amide bonds. The number of sulfone groups is 1. The number of amides is 2. The van der Waals surface area contributed by atoms with E-state index < -0.39 is 9.84 Å². The zero-order valence-corrected chi connectivity index (χ0v) is 12.7. The standard InChI is InChI=1S/C13H24N2O3S/c1-3-11-6-4-5-8-15(11)13(16)14(2)12-7-9-19(17,18)10-12/h11-12H,3-10H2,1-2H3. The lowest BCUT2D eigenvalue weighted by molar-refractivity contribution is 0.112. The minimum absolute atomic E-state index is 0.00801. The van der Waals surface area contributed by atoms with Gasteiger partial charge in [-0.1, -0.05) is 6.92 Å². The number of carbonyl (C=O) groups is 1. The highest BCUT2D eigenvalue weighted by Crippen LogP contribution is 2.23. The molecule has 0 aromatic heterocycles. The van der Waals surface area contributed by atoms with Crippen molar-refractivity contribution in [1.82, 2.24) is 9.80 Å². The molecule has 2 fully saturated rings. The van der Waals surface area contributed by atoms with E-state index in [4.69, 9.17) is 0 Å². The first-order valence-corrected chi connectivity index (χ1v) is 9.00. The van der Waals surface area contributed by atoms with Gasteiger partial charge in [0.1, 0.15) is 0 Å². The van der Waals surface area contributed by atoms with Crippen LogP contribution < -0.4 is 0 Å². The van der Waals surface area contributed by atoms with Crippen LogP contribution in [0, 0.1) is 0 Å². The molecule has 0 aromatic carbocycles. The summed E-state index contributed by atoms with van der Waals surface area (Å²) in [5, 5.41) is 0. The number of carbonyl (C=O) groups excluding carboxylic acids is 1. The molecule has 0 aromatic rings. The number of urea groups is 1. The van der Waals surface area contributed by atoms with Crippen LogP contribution in [0.1, 0.15) is 39.0 Å². The Labute approximate surface area is 115 Å². The molecule has 6 heteroatoms. The third-order valence-corrected chi connectivity index (χ3v) is 6.15. The van der Waals surface area contributed by atoms with Crippen molar-refractivity contribution in [3.63, 3.8) is 0 Å². The predicted molar refractivity (Wildman–Crippen MR) is 74.9 cm³/mol. The van der Waals surface area contributed by atoms with Gasteiger partial charge < -0.3 is 9.80 Å². The summed E-state index contributed by atoms with van der Waals surface area (Å²) >= 11 is 0. The molecule has 0 spiro atoms. The van der Waals surface area contributed by atoms with Gasteiger partial charge in [0.15, 0.2) is 9.84 Å². The zero-order valence-electron chi connectivity index (χ0n) is 11.8. The maximum Gasteiger partial charge on any atom is 0.320 e. The van der Waals surface area contributed by atoms with E-state index in [1.807, 2.05) is 4.90 Å². The van der Waals surface area contributed by atoms with Crippen LogP contribution in [0.5, 0.6) is 0 Å². The highest BCUT2D eigenvalue weighted by Gasteiger charge is 2.36. The highest BCUT2D eigenvalue weighted by atomic mass is 32.2. The van der Waals surface area contributed by atoms with Crippen LogP contribution in [0.25, 0.3) is 0 Å². The molecule has 19 heavy (non-hydrogen) atoms. The molecule has 2 aliphatic rings. The van der Waals surface area contributed by atoms with E-state index in [-0.39, 0.29) is 23.6 Å². The third-order valence-electron chi connectivity index (χ3n) is 4.40. The molecule has 2 rings (SSSR count). The van der Waals surface area contributed by atoms with E-state index in [2.05, 4.69) is 6.92 Å². The van der Waals surface area contributed by atoms with Gasteiger partial charge in [-0.15, -0.1) is 0 Å². The second-order valence-corrected chi connectivity index (χ2v) is 7.93. The van der Waals surface area contributed by atoms with Crippen LogP contribution in [-0.4, -0.2) is 61.4 Å². The number of rotatable bonds is 2. The molecular weight excluding hydrogens is 264 g/mol. The molecule has 2 aliphatic heterocycles. The topological polar surface area (TPSA) is 57.7 Å². The van der Waals surface area contributed by atoms with Crippen LogP contribution in [0.15, 0.2) is 0 Å². The maximum atomic E-state index is 12.5. The van der Waals surface area contributed by atoms with E-state index >= 15 is 0 Å². The van der Waals surface area contributed by atoms with E-state index in [9.17, 15) is 13.2 Å². The van der Waals surface area contributed by atoms with Gasteiger partial charge in [-0.2, -0.15) is 0 Å². The van der Waals surface area contributed by atoms with Crippen LogP contribution in [0.3, 0.4) is 0 Å². The quantitative estimate of drug-likeness (QED) is 0.773. The summed E-state index contributed by atoms with van der Waals surface area (Å²) in [5.41, 5.74) is 0. The lowest BCUT2D eigenvalue weighted by atomic mass is 10.0. The minimum Gasteiger partial charge on any atom is -0.324 e. The van der Waals surface area contributed by atoms with Crippen molar-refractivity contribution >= 4 is 15.9 Å². The van der Waals surface area contributed by atoms with Crippen LogP contribution in [0.2, 0.25) is 0 Å². The first-order valence-electron chi connectivity index (χ1n) is 7.18. The molecule has 2 unspecified atom stereocenters. The molecule has 0 radical (unpaired) electrons. The van der Waals surface area contributed by atoms with Crippen molar-refractivity contribution in [3.8, 4) is 0 Å². The summed E-state index contributed by atoms with van der Waals surface area (Å²) in [4.78, 5) is 16.1. The normalized spacial score (nSPS) is 30.3. The Morgan fingerprint density at radius 1 is 1.32 bits per heavy atom. The van der Waals surface area contributed by atoms with E-state index in [0.29, 0.717) is 12.5 Å². The van der Waals surface area contributed by atoms with Gasteiger partial charge in [0.2, 0.25) is 0 Å². The minimum atomic E-state index is -2.94. The SMILES string of the molecule is CCC1CCCCN1C(=O)N(C)C1CCS(=O)(=O)C1. The zero-order chi connectivity index (χ0) is 14.0. The molecule has 110 valence electrons. The second-order valence-electron chi connectivity index (χ2n) is 5.70. The molecule has 0 bridgehead atoms. The maximum absolute atomic E-state index is 12.5. The number of hydrogen-bond donors (Lipinski definition) is 0. The second kappa shape index (κ2) is 5.69. The largest absolute Gasteiger partial charge is 0.324 e. The Hall–Kier alpha value is -0.780. The Morgan fingerprint density at radius 2 is 2.05 bits per heavy atom. The van der Waals surface area contributed by atoms with Crippen LogP contribution in [0.4, 0.5) is 4.79 Å². The summed E-state index contributed by atoms with van der Waals surface area (Å²) in [6, 6.07) is 0.187. The summed E-state index contributed by atoms with van der Waals surface area (Å²) < 4.78 is 23.0. The Bertz CT molecular complexity index is 435. The van der Waals surface area contributed by atoms with E-state index in [1.54, 1.807) is 11.9 Å². The fourth-order valence-corrected chi connectivity index (χ4v) is 4.89. The van der Waals surface area contributed by atoms with Gasteiger partial charge in [-0.05, 0) is 32.1 Å². The fourth-order valence-electron chi connectivity index (χ4n) is 3.12. The van der Waals surface area contributed by atoms with Gasteiger partial charge >= 0.3 is 6.03 Å². The first kappa shape index (κ1) is 14.6. The number of piperidine rings is 1. The van der Waals surface area contributed by atoms with Crippen molar-refractivity contribution in [3.05, 3.63) is 0 Å². The van der Waals surface area contributed by atoms with Crippen molar-refractivity contribution in [2.24, 2.45) is 0 Å². The Morgan fingerprint density at radius 3 is 2.63 bits per heavy atom. The van der Waals surface area contributed by atoms with Crippen LogP contribution in [-0.2, 0) is 9.84 Å². The number of likely N-dealkylation sites (tertiary alicyclic amines) is 1. The summed E-state index contributed by atoms with van der Waals surface area (Å²) in [5.74, 6) is 0.340. The monoisotopic (exact) mass is 288 g/mol. The van der Waals surface area contributed by atoms with Crippen molar-refractivity contribution < 1.29 is 13.2 Å². The summed E-state index contributed by atoms with van der Waals surface area (Å²) in [7, 11) is -1.19. The molecule has 0 saturated carbocycles. The molecule has 0 N–H and O–H groups in total. The molecule has 2 saturated heterocycles. The Kier molecular flexibility index (Phi) is 4.38. The number of hydrogen-bond acceptors (Lipinski definition) is 3. The highest BCUT2D eigenvalue weighted by molar-refractivity contribution is 7.91. The molecular formula is C13H24N2O3S. The van der Waals surface area contributed by atoms with Crippen molar-refractivity contribution in [2.75, 3.05) is 25.1 Å². The van der Waals surface area contributed by atoms with Gasteiger partial charge in [-0.25, -0.2) is 13.2 Å². The molecule has 2 heterocycles. The third kappa shape index (κ3) is 3.22. The number of nitrogens with zero attached hydrogens (tertiary/aromatic N) is 2.